The molecule has 1 unspecified atom stereocenters. The summed E-state index contributed by atoms with van der Waals surface area (Å²) in [5, 5.41) is 2.00. The fourth-order valence-electron chi connectivity index (χ4n) is 1.96. The summed E-state index contributed by atoms with van der Waals surface area (Å²) in [6.45, 7) is 3.01. The fourth-order valence-corrected chi connectivity index (χ4v) is 2.88. The third kappa shape index (κ3) is 2.55. The first kappa shape index (κ1) is 13.1. The molecule has 0 amide bonds. The number of aryl methyl sites for hydroxylation is 1. The third-order valence-electron chi connectivity index (χ3n) is 2.92. The summed E-state index contributed by atoms with van der Waals surface area (Å²) in [4.78, 5) is 5.47. The Morgan fingerprint density at radius 2 is 2.44 bits per heavy atom. The average Bonchev–Trinajstić information content (AvgIpc) is 3.03. The summed E-state index contributed by atoms with van der Waals surface area (Å²) in [6.07, 6.45) is 4.54. The molecule has 0 saturated heterocycles. The van der Waals surface area contributed by atoms with Crippen molar-refractivity contribution >= 4 is 11.3 Å². The molecule has 0 aliphatic heterocycles. The van der Waals surface area contributed by atoms with Crippen molar-refractivity contribution < 1.29 is 4.74 Å². The van der Waals surface area contributed by atoms with Crippen molar-refractivity contribution in [3.05, 3.63) is 34.5 Å². The number of methoxy groups -OCH3 is 1. The standard InChI is InChI=1S/C12H18N4OS/c1-3-16-6-5-14-11(16)8-9(15-13)12-10(17-2)4-7-18-12/h4-7,9,15H,3,8,13H2,1-2H3. The summed E-state index contributed by atoms with van der Waals surface area (Å²) in [5.74, 6) is 7.56. The number of ether oxygens (including phenoxy) is 1. The van der Waals surface area contributed by atoms with Gasteiger partial charge in [-0.2, -0.15) is 0 Å². The van der Waals surface area contributed by atoms with Gasteiger partial charge in [-0.25, -0.2) is 4.98 Å². The molecule has 0 aliphatic rings. The number of nitrogens with zero attached hydrogens (tertiary/aromatic N) is 2. The van der Waals surface area contributed by atoms with Crippen molar-refractivity contribution in [3.8, 4) is 5.75 Å². The number of nitrogens with one attached hydrogen (secondary N) is 1. The van der Waals surface area contributed by atoms with Gasteiger partial charge in [-0.1, -0.05) is 0 Å². The third-order valence-corrected chi connectivity index (χ3v) is 3.94. The lowest BCUT2D eigenvalue weighted by molar-refractivity contribution is 0.402. The molecule has 2 heterocycles. The van der Waals surface area contributed by atoms with Gasteiger partial charge in [0.05, 0.1) is 18.0 Å². The maximum atomic E-state index is 5.66. The van der Waals surface area contributed by atoms with Crippen LogP contribution in [-0.2, 0) is 13.0 Å². The number of hydrogen-bond donors (Lipinski definition) is 2. The van der Waals surface area contributed by atoms with Gasteiger partial charge in [-0.05, 0) is 18.4 Å². The van der Waals surface area contributed by atoms with E-state index in [1.807, 2.05) is 23.8 Å². The minimum Gasteiger partial charge on any atom is -0.496 e. The molecular weight excluding hydrogens is 248 g/mol. The van der Waals surface area contributed by atoms with Crippen molar-refractivity contribution in [2.75, 3.05) is 7.11 Å². The van der Waals surface area contributed by atoms with E-state index in [9.17, 15) is 0 Å². The lowest BCUT2D eigenvalue weighted by Crippen LogP contribution is -2.30. The maximum Gasteiger partial charge on any atom is 0.134 e. The number of aromatic nitrogens is 2. The van der Waals surface area contributed by atoms with Crippen LogP contribution in [0.4, 0.5) is 0 Å². The van der Waals surface area contributed by atoms with E-state index in [1.54, 1.807) is 18.4 Å². The Balaban J connectivity index is 2.20. The van der Waals surface area contributed by atoms with Gasteiger partial charge in [0.15, 0.2) is 0 Å². The first-order valence-corrected chi connectivity index (χ1v) is 6.75. The number of nitrogens with two attached hydrogens (primary N) is 1. The number of imidazole rings is 1. The average molecular weight is 266 g/mol. The normalized spacial score (nSPS) is 12.6. The Hall–Kier alpha value is -1.37. The van der Waals surface area contributed by atoms with Crippen molar-refractivity contribution in [3.63, 3.8) is 0 Å². The molecule has 3 N–H and O–H groups in total. The molecule has 0 radical (unpaired) electrons. The van der Waals surface area contributed by atoms with E-state index >= 15 is 0 Å². The second-order valence-corrected chi connectivity index (χ2v) is 4.85. The molecule has 5 nitrogen and oxygen atoms in total. The van der Waals surface area contributed by atoms with E-state index in [1.165, 1.54) is 0 Å². The molecule has 0 spiro atoms. The van der Waals surface area contributed by atoms with Gasteiger partial charge in [0.1, 0.15) is 11.6 Å². The SMILES string of the molecule is CCn1ccnc1CC(NN)c1sccc1OC. The van der Waals surface area contributed by atoms with Crippen LogP contribution in [0, 0.1) is 0 Å². The predicted octanol–water partition coefficient (Wildman–Crippen LogP) is 1.72. The van der Waals surface area contributed by atoms with Crippen LogP contribution >= 0.6 is 11.3 Å². The summed E-state index contributed by atoms with van der Waals surface area (Å²) >= 11 is 1.64. The highest BCUT2D eigenvalue weighted by atomic mass is 32.1. The topological polar surface area (TPSA) is 65.1 Å². The Bertz CT molecular complexity index is 494. The van der Waals surface area contributed by atoms with E-state index in [2.05, 4.69) is 21.9 Å². The van der Waals surface area contributed by atoms with Crippen LogP contribution < -0.4 is 16.0 Å². The lowest BCUT2D eigenvalue weighted by atomic mass is 10.1. The molecule has 98 valence electrons. The highest BCUT2D eigenvalue weighted by Gasteiger charge is 2.18. The molecule has 2 aromatic rings. The monoisotopic (exact) mass is 266 g/mol. The molecule has 0 bridgehead atoms. The molecule has 6 heteroatoms. The van der Waals surface area contributed by atoms with Gasteiger partial charge in [-0.15, -0.1) is 11.3 Å². The van der Waals surface area contributed by atoms with Crippen LogP contribution in [-0.4, -0.2) is 16.7 Å². The van der Waals surface area contributed by atoms with E-state index in [0.717, 1.165) is 29.4 Å². The van der Waals surface area contributed by atoms with Crippen molar-refractivity contribution in [1.82, 2.24) is 15.0 Å². The molecule has 0 saturated carbocycles. The van der Waals surface area contributed by atoms with Gasteiger partial charge in [-0.3, -0.25) is 11.3 Å². The molecule has 18 heavy (non-hydrogen) atoms. The number of hydrazine groups is 1. The molecular formula is C12H18N4OS. The molecule has 0 aliphatic carbocycles. The van der Waals surface area contributed by atoms with Crippen LogP contribution in [0.25, 0.3) is 0 Å². The summed E-state index contributed by atoms with van der Waals surface area (Å²) in [5.41, 5.74) is 2.85. The van der Waals surface area contributed by atoms with Crippen molar-refractivity contribution in [2.45, 2.75) is 25.9 Å². The van der Waals surface area contributed by atoms with E-state index in [0.29, 0.717) is 0 Å². The smallest absolute Gasteiger partial charge is 0.134 e. The fraction of sp³-hybridized carbons (Fsp3) is 0.417. The van der Waals surface area contributed by atoms with E-state index in [-0.39, 0.29) is 6.04 Å². The zero-order chi connectivity index (χ0) is 13.0. The van der Waals surface area contributed by atoms with Gasteiger partial charge in [0.2, 0.25) is 0 Å². The minimum atomic E-state index is 0.0210. The summed E-state index contributed by atoms with van der Waals surface area (Å²) in [7, 11) is 1.67. The molecule has 1 atom stereocenters. The minimum absolute atomic E-state index is 0.0210. The van der Waals surface area contributed by atoms with Gasteiger partial charge in [0, 0.05) is 25.4 Å². The second-order valence-electron chi connectivity index (χ2n) is 3.91. The van der Waals surface area contributed by atoms with Gasteiger partial charge < -0.3 is 9.30 Å². The van der Waals surface area contributed by atoms with Crippen LogP contribution in [0.2, 0.25) is 0 Å². The Labute approximate surface area is 111 Å². The lowest BCUT2D eigenvalue weighted by Gasteiger charge is -2.16. The van der Waals surface area contributed by atoms with E-state index < -0.39 is 0 Å². The second kappa shape index (κ2) is 5.99. The van der Waals surface area contributed by atoms with Crippen molar-refractivity contribution in [1.29, 1.82) is 0 Å². The largest absolute Gasteiger partial charge is 0.496 e. The molecule has 0 fully saturated rings. The van der Waals surface area contributed by atoms with Crippen LogP contribution in [0.1, 0.15) is 23.7 Å². The van der Waals surface area contributed by atoms with Crippen molar-refractivity contribution in [2.24, 2.45) is 5.84 Å². The molecule has 0 aromatic carbocycles. The quantitative estimate of drug-likeness (QED) is 0.617. The predicted molar refractivity (Wildman–Crippen MR) is 72.5 cm³/mol. The van der Waals surface area contributed by atoms with Crippen LogP contribution in [0.5, 0.6) is 5.75 Å². The van der Waals surface area contributed by atoms with Crippen LogP contribution in [0.15, 0.2) is 23.8 Å². The summed E-state index contributed by atoms with van der Waals surface area (Å²) < 4.78 is 7.45. The number of hydrogen-bond acceptors (Lipinski definition) is 5. The number of thiophene rings is 1. The molecule has 2 rings (SSSR count). The first-order valence-electron chi connectivity index (χ1n) is 5.87. The van der Waals surface area contributed by atoms with Gasteiger partial charge in [0.25, 0.3) is 0 Å². The Morgan fingerprint density at radius 3 is 3.11 bits per heavy atom. The van der Waals surface area contributed by atoms with Crippen LogP contribution in [0.3, 0.4) is 0 Å². The molecule has 2 aromatic heterocycles. The zero-order valence-corrected chi connectivity index (χ0v) is 11.4. The Morgan fingerprint density at radius 1 is 1.61 bits per heavy atom. The highest BCUT2D eigenvalue weighted by molar-refractivity contribution is 7.10. The number of rotatable bonds is 6. The zero-order valence-electron chi connectivity index (χ0n) is 10.6. The van der Waals surface area contributed by atoms with E-state index in [4.69, 9.17) is 10.6 Å². The van der Waals surface area contributed by atoms with Gasteiger partial charge >= 0.3 is 0 Å². The highest BCUT2D eigenvalue weighted by Crippen LogP contribution is 2.32. The first-order chi connectivity index (χ1) is 8.80. The Kier molecular flexibility index (Phi) is 4.35. The summed E-state index contributed by atoms with van der Waals surface area (Å²) in [6, 6.07) is 1.98. The maximum absolute atomic E-state index is 5.66.